The van der Waals surface area contributed by atoms with E-state index in [9.17, 15) is 0 Å². The van der Waals surface area contributed by atoms with Gasteiger partial charge >= 0.3 is 0 Å². The zero-order valence-corrected chi connectivity index (χ0v) is 12.8. The van der Waals surface area contributed by atoms with Gasteiger partial charge in [-0.15, -0.1) is 11.3 Å². The first-order valence-corrected chi connectivity index (χ1v) is 7.37. The molecule has 0 aliphatic rings. The number of methoxy groups -OCH3 is 1. The van der Waals surface area contributed by atoms with Gasteiger partial charge in [-0.25, -0.2) is 4.98 Å². The van der Waals surface area contributed by atoms with Crippen molar-refractivity contribution >= 4 is 16.5 Å². The standard InChI is InChI=1S/C13H25N3OS/c1-5-7-14-10-12-11(2)15-13(18-12)16(3)8-6-9-17-4/h14H,5-10H2,1-4H3. The van der Waals surface area contributed by atoms with Crippen LogP contribution >= 0.6 is 11.3 Å². The molecule has 4 nitrogen and oxygen atoms in total. The van der Waals surface area contributed by atoms with Crippen molar-refractivity contribution in [1.82, 2.24) is 10.3 Å². The summed E-state index contributed by atoms with van der Waals surface area (Å²) in [6.07, 6.45) is 2.21. The number of ether oxygens (including phenoxy) is 1. The third kappa shape index (κ3) is 4.92. The molecule has 0 bridgehead atoms. The molecule has 0 unspecified atom stereocenters. The Labute approximate surface area is 114 Å². The number of rotatable bonds is 9. The van der Waals surface area contributed by atoms with E-state index in [0.29, 0.717) is 0 Å². The molecule has 0 amide bonds. The Kier molecular flexibility index (Phi) is 7.23. The highest BCUT2D eigenvalue weighted by atomic mass is 32.1. The van der Waals surface area contributed by atoms with Gasteiger partial charge in [0.15, 0.2) is 5.13 Å². The Morgan fingerprint density at radius 2 is 2.22 bits per heavy atom. The number of hydrogen-bond acceptors (Lipinski definition) is 5. The fourth-order valence-corrected chi connectivity index (χ4v) is 2.68. The maximum atomic E-state index is 5.07. The normalized spacial score (nSPS) is 10.9. The van der Waals surface area contributed by atoms with Crippen LogP contribution in [-0.2, 0) is 11.3 Å². The molecule has 0 saturated heterocycles. The number of nitrogens with one attached hydrogen (secondary N) is 1. The van der Waals surface area contributed by atoms with Gasteiger partial charge in [-0.1, -0.05) is 6.92 Å². The summed E-state index contributed by atoms with van der Waals surface area (Å²) in [7, 11) is 3.84. The first-order chi connectivity index (χ1) is 8.69. The van der Waals surface area contributed by atoms with Gasteiger partial charge in [-0.05, 0) is 26.3 Å². The van der Waals surface area contributed by atoms with Crippen LogP contribution in [0.2, 0.25) is 0 Å². The maximum Gasteiger partial charge on any atom is 0.185 e. The topological polar surface area (TPSA) is 37.4 Å². The molecule has 1 aromatic heterocycles. The Balaban J connectivity index is 2.48. The molecule has 0 aliphatic heterocycles. The SMILES string of the molecule is CCCNCc1sc(N(C)CCCOC)nc1C. The van der Waals surface area contributed by atoms with E-state index in [2.05, 4.69) is 36.1 Å². The van der Waals surface area contributed by atoms with Crippen LogP contribution in [0.3, 0.4) is 0 Å². The lowest BCUT2D eigenvalue weighted by Crippen LogP contribution is -2.19. The molecule has 0 spiro atoms. The third-order valence-corrected chi connectivity index (χ3v) is 4.03. The summed E-state index contributed by atoms with van der Waals surface area (Å²) >= 11 is 1.79. The molecule has 0 atom stereocenters. The molecule has 1 N–H and O–H groups in total. The molecule has 5 heteroatoms. The molecule has 1 aromatic rings. The second kappa shape index (κ2) is 8.45. The fourth-order valence-electron chi connectivity index (χ4n) is 1.66. The monoisotopic (exact) mass is 271 g/mol. The highest BCUT2D eigenvalue weighted by Gasteiger charge is 2.10. The zero-order valence-electron chi connectivity index (χ0n) is 12.0. The first kappa shape index (κ1) is 15.4. The number of thiazole rings is 1. The summed E-state index contributed by atoms with van der Waals surface area (Å²) in [5, 5.41) is 4.54. The van der Waals surface area contributed by atoms with Gasteiger partial charge in [0.25, 0.3) is 0 Å². The molecule has 0 aromatic carbocycles. The van der Waals surface area contributed by atoms with E-state index in [1.54, 1.807) is 18.4 Å². The lowest BCUT2D eigenvalue weighted by Gasteiger charge is -2.14. The first-order valence-electron chi connectivity index (χ1n) is 6.56. The van der Waals surface area contributed by atoms with E-state index in [1.807, 2.05) is 0 Å². The van der Waals surface area contributed by atoms with Crippen LogP contribution in [0.4, 0.5) is 5.13 Å². The third-order valence-electron chi connectivity index (χ3n) is 2.76. The molecule has 104 valence electrons. The smallest absolute Gasteiger partial charge is 0.185 e. The molecule has 0 aliphatic carbocycles. The minimum absolute atomic E-state index is 0.805. The van der Waals surface area contributed by atoms with Crippen LogP contribution in [0.15, 0.2) is 0 Å². The van der Waals surface area contributed by atoms with E-state index in [-0.39, 0.29) is 0 Å². The van der Waals surface area contributed by atoms with Crippen molar-refractivity contribution in [2.45, 2.75) is 33.2 Å². The summed E-state index contributed by atoms with van der Waals surface area (Å²) in [5.41, 5.74) is 1.15. The van der Waals surface area contributed by atoms with Crippen molar-refractivity contribution in [2.75, 3.05) is 38.8 Å². The summed E-state index contributed by atoms with van der Waals surface area (Å²) in [4.78, 5) is 8.18. The Bertz CT molecular complexity index is 341. The van der Waals surface area contributed by atoms with E-state index >= 15 is 0 Å². The fraction of sp³-hybridized carbons (Fsp3) is 0.769. The second-order valence-electron chi connectivity index (χ2n) is 4.45. The van der Waals surface area contributed by atoms with E-state index in [0.717, 1.165) is 43.5 Å². The minimum atomic E-state index is 0.805. The molecule has 18 heavy (non-hydrogen) atoms. The van der Waals surface area contributed by atoms with E-state index in [1.165, 1.54) is 11.3 Å². The predicted octanol–water partition coefficient (Wildman–Crippen LogP) is 2.42. The number of nitrogens with zero attached hydrogens (tertiary/aromatic N) is 2. The number of hydrogen-bond donors (Lipinski definition) is 1. The molecular weight excluding hydrogens is 246 g/mol. The van der Waals surface area contributed by atoms with Gasteiger partial charge in [0.05, 0.1) is 5.69 Å². The zero-order chi connectivity index (χ0) is 13.4. The molecular formula is C13H25N3OS. The Morgan fingerprint density at radius 3 is 2.89 bits per heavy atom. The highest BCUT2D eigenvalue weighted by molar-refractivity contribution is 7.15. The van der Waals surface area contributed by atoms with Crippen molar-refractivity contribution in [3.63, 3.8) is 0 Å². The minimum Gasteiger partial charge on any atom is -0.385 e. The lowest BCUT2D eigenvalue weighted by molar-refractivity contribution is 0.196. The predicted molar refractivity (Wildman–Crippen MR) is 78.6 cm³/mol. The molecule has 0 saturated carbocycles. The Hall–Kier alpha value is -0.650. The van der Waals surface area contributed by atoms with E-state index in [4.69, 9.17) is 4.74 Å². The van der Waals surface area contributed by atoms with Crippen molar-refractivity contribution in [3.05, 3.63) is 10.6 Å². The average Bonchev–Trinajstić information content (AvgIpc) is 2.72. The van der Waals surface area contributed by atoms with Crippen LogP contribution in [-0.4, -0.2) is 38.8 Å². The molecule has 0 fully saturated rings. The number of anilines is 1. The van der Waals surface area contributed by atoms with Crippen LogP contribution in [0, 0.1) is 6.92 Å². The summed E-state index contributed by atoms with van der Waals surface area (Å²) < 4.78 is 5.07. The summed E-state index contributed by atoms with van der Waals surface area (Å²) in [5.74, 6) is 0. The Morgan fingerprint density at radius 1 is 1.44 bits per heavy atom. The van der Waals surface area contributed by atoms with Crippen molar-refractivity contribution in [3.8, 4) is 0 Å². The van der Waals surface area contributed by atoms with Gasteiger partial charge in [-0.2, -0.15) is 0 Å². The van der Waals surface area contributed by atoms with Crippen LogP contribution in [0.25, 0.3) is 0 Å². The van der Waals surface area contributed by atoms with Gasteiger partial charge in [0.1, 0.15) is 0 Å². The van der Waals surface area contributed by atoms with E-state index < -0.39 is 0 Å². The highest BCUT2D eigenvalue weighted by Crippen LogP contribution is 2.25. The van der Waals surface area contributed by atoms with Crippen molar-refractivity contribution in [2.24, 2.45) is 0 Å². The number of aryl methyl sites for hydroxylation is 1. The average molecular weight is 271 g/mol. The second-order valence-corrected chi connectivity index (χ2v) is 5.51. The van der Waals surface area contributed by atoms with Gasteiger partial charge < -0.3 is 15.0 Å². The van der Waals surface area contributed by atoms with Crippen LogP contribution in [0.5, 0.6) is 0 Å². The largest absolute Gasteiger partial charge is 0.385 e. The summed E-state index contributed by atoms with van der Waals surface area (Å²) in [6.45, 7) is 8.06. The lowest BCUT2D eigenvalue weighted by atomic mass is 10.4. The van der Waals surface area contributed by atoms with Crippen molar-refractivity contribution < 1.29 is 4.74 Å². The maximum absolute atomic E-state index is 5.07. The summed E-state index contributed by atoms with van der Waals surface area (Å²) in [6, 6.07) is 0. The molecule has 1 rings (SSSR count). The van der Waals surface area contributed by atoms with Gasteiger partial charge in [-0.3, -0.25) is 0 Å². The van der Waals surface area contributed by atoms with Gasteiger partial charge in [0.2, 0.25) is 0 Å². The molecule has 1 heterocycles. The van der Waals surface area contributed by atoms with Gasteiger partial charge in [0, 0.05) is 38.7 Å². The van der Waals surface area contributed by atoms with Crippen LogP contribution < -0.4 is 10.2 Å². The quantitative estimate of drug-likeness (QED) is 0.700. The number of aromatic nitrogens is 1. The van der Waals surface area contributed by atoms with Crippen molar-refractivity contribution in [1.29, 1.82) is 0 Å². The van der Waals surface area contributed by atoms with Crippen LogP contribution in [0.1, 0.15) is 30.3 Å². The molecule has 0 radical (unpaired) electrons.